The van der Waals surface area contributed by atoms with Crippen LogP contribution in [0, 0.1) is 12.8 Å². The monoisotopic (exact) mass is 316 g/mol. The van der Waals surface area contributed by atoms with E-state index in [1.54, 1.807) is 0 Å². The van der Waals surface area contributed by atoms with E-state index < -0.39 is 0 Å². The number of aryl methyl sites for hydroxylation is 1. The predicted octanol–water partition coefficient (Wildman–Crippen LogP) is 3.73. The second-order valence-corrected chi connectivity index (χ2v) is 7.86. The Bertz CT molecular complexity index is 513. The molecule has 1 unspecified atom stereocenters. The Morgan fingerprint density at radius 3 is 2.26 bits per heavy atom. The molecule has 3 heteroatoms. The molecule has 3 nitrogen and oxygen atoms in total. The Balaban J connectivity index is 2.02. The summed E-state index contributed by atoms with van der Waals surface area (Å²) in [4.78, 5) is 15.3. The van der Waals surface area contributed by atoms with Crippen molar-refractivity contribution in [2.75, 3.05) is 19.6 Å². The predicted molar refractivity (Wildman–Crippen MR) is 96.7 cm³/mol. The van der Waals surface area contributed by atoms with E-state index in [1.165, 1.54) is 18.4 Å². The fourth-order valence-electron chi connectivity index (χ4n) is 3.46. The fourth-order valence-corrected chi connectivity index (χ4v) is 3.46. The van der Waals surface area contributed by atoms with Gasteiger partial charge in [0, 0.05) is 12.1 Å². The SMILES string of the molecule is Cc1ccc(C(C(=O)NCC(C)(C)N2CCCC2)C(C)C)cc1. The summed E-state index contributed by atoms with van der Waals surface area (Å²) in [6.07, 6.45) is 2.55. The van der Waals surface area contributed by atoms with Crippen LogP contribution in [0.2, 0.25) is 0 Å². The minimum Gasteiger partial charge on any atom is -0.354 e. The zero-order valence-corrected chi connectivity index (χ0v) is 15.4. The summed E-state index contributed by atoms with van der Waals surface area (Å²) in [6, 6.07) is 8.36. The number of amides is 1. The number of nitrogens with one attached hydrogen (secondary N) is 1. The zero-order chi connectivity index (χ0) is 17.0. The van der Waals surface area contributed by atoms with Crippen molar-refractivity contribution in [1.29, 1.82) is 0 Å². The minimum absolute atomic E-state index is 0.0287. The summed E-state index contributed by atoms with van der Waals surface area (Å²) < 4.78 is 0. The third kappa shape index (κ3) is 4.57. The maximum atomic E-state index is 12.8. The molecule has 0 aliphatic carbocycles. The van der Waals surface area contributed by atoms with Gasteiger partial charge in [0.05, 0.1) is 5.92 Å². The van der Waals surface area contributed by atoms with Crippen LogP contribution in [0.1, 0.15) is 57.6 Å². The van der Waals surface area contributed by atoms with E-state index in [9.17, 15) is 4.79 Å². The molecule has 1 saturated heterocycles. The summed E-state index contributed by atoms with van der Waals surface area (Å²) in [5.74, 6) is 0.355. The van der Waals surface area contributed by atoms with E-state index in [2.05, 4.69) is 69.1 Å². The van der Waals surface area contributed by atoms with Crippen LogP contribution < -0.4 is 5.32 Å². The molecular formula is C20H32N2O. The van der Waals surface area contributed by atoms with Crippen molar-refractivity contribution in [2.45, 2.75) is 58.9 Å². The van der Waals surface area contributed by atoms with Gasteiger partial charge in [-0.05, 0) is 58.2 Å². The Morgan fingerprint density at radius 2 is 1.74 bits per heavy atom. The van der Waals surface area contributed by atoms with Crippen LogP contribution in [0.3, 0.4) is 0 Å². The average Bonchev–Trinajstić information content (AvgIpc) is 3.02. The average molecular weight is 316 g/mol. The van der Waals surface area contributed by atoms with Gasteiger partial charge >= 0.3 is 0 Å². The van der Waals surface area contributed by atoms with Crippen molar-refractivity contribution < 1.29 is 4.79 Å². The molecule has 0 spiro atoms. The van der Waals surface area contributed by atoms with Gasteiger partial charge in [-0.3, -0.25) is 9.69 Å². The Kier molecular flexibility index (Phi) is 5.85. The highest BCUT2D eigenvalue weighted by Gasteiger charge is 2.31. The molecule has 2 rings (SSSR count). The lowest BCUT2D eigenvalue weighted by molar-refractivity contribution is -0.124. The van der Waals surface area contributed by atoms with Gasteiger partial charge in [0.25, 0.3) is 0 Å². The number of benzene rings is 1. The first-order valence-electron chi connectivity index (χ1n) is 8.90. The van der Waals surface area contributed by atoms with Crippen molar-refractivity contribution in [3.05, 3.63) is 35.4 Å². The normalized spacial score (nSPS) is 17.5. The molecule has 1 amide bonds. The second-order valence-electron chi connectivity index (χ2n) is 7.86. The van der Waals surface area contributed by atoms with Gasteiger partial charge in [-0.25, -0.2) is 0 Å². The molecule has 1 atom stereocenters. The van der Waals surface area contributed by atoms with E-state index in [4.69, 9.17) is 0 Å². The lowest BCUT2D eigenvalue weighted by Crippen LogP contribution is -2.51. The van der Waals surface area contributed by atoms with E-state index in [-0.39, 0.29) is 23.3 Å². The second kappa shape index (κ2) is 7.48. The zero-order valence-electron chi connectivity index (χ0n) is 15.4. The summed E-state index contributed by atoms with van der Waals surface area (Å²) in [7, 11) is 0. The molecule has 0 radical (unpaired) electrons. The molecule has 0 bridgehead atoms. The summed E-state index contributed by atoms with van der Waals surface area (Å²) in [5, 5.41) is 3.21. The number of likely N-dealkylation sites (tertiary alicyclic amines) is 1. The Hall–Kier alpha value is -1.35. The third-order valence-electron chi connectivity index (χ3n) is 5.04. The van der Waals surface area contributed by atoms with Gasteiger partial charge in [-0.2, -0.15) is 0 Å². The van der Waals surface area contributed by atoms with Crippen LogP contribution in [0.5, 0.6) is 0 Å². The Labute approximate surface area is 141 Å². The highest BCUT2D eigenvalue weighted by Crippen LogP contribution is 2.26. The van der Waals surface area contributed by atoms with Gasteiger partial charge in [-0.15, -0.1) is 0 Å². The maximum absolute atomic E-state index is 12.8. The van der Waals surface area contributed by atoms with Crippen LogP contribution in [-0.2, 0) is 4.79 Å². The summed E-state index contributed by atoms with van der Waals surface area (Å²) in [6.45, 7) is 13.8. The standard InChI is InChI=1S/C20H32N2O/c1-15(2)18(17-10-8-16(3)9-11-17)19(23)21-14-20(4,5)22-12-6-7-13-22/h8-11,15,18H,6-7,12-14H2,1-5H3,(H,21,23). The molecule has 1 aromatic rings. The largest absolute Gasteiger partial charge is 0.354 e. The topological polar surface area (TPSA) is 32.3 Å². The molecule has 1 aliphatic rings. The molecule has 0 saturated carbocycles. The number of carbonyl (C=O) groups is 1. The highest BCUT2D eigenvalue weighted by atomic mass is 16.1. The van der Waals surface area contributed by atoms with Crippen LogP contribution in [0.4, 0.5) is 0 Å². The van der Waals surface area contributed by atoms with Crippen molar-refractivity contribution in [1.82, 2.24) is 10.2 Å². The first-order chi connectivity index (χ1) is 10.8. The molecule has 128 valence electrons. The number of rotatable bonds is 6. The molecule has 1 fully saturated rings. The molecule has 0 aromatic heterocycles. The molecule has 23 heavy (non-hydrogen) atoms. The quantitative estimate of drug-likeness (QED) is 0.867. The molecule has 1 heterocycles. The third-order valence-corrected chi connectivity index (χ3v) is 5.04. The first kappa shape index (κ1) is 18.0. The van der Waals surface area contributed by atoms with Crippen LogP contribution >= 0.6 is 0 Å². The van der Waals surface area contributed by atoms with Gasteiger partial charge in [0.15, 0.2) is 0 Å². The summed E-state index contributed by atoms with van der Waals surface area (Å²) >= 11 is 0. The lowest BCUT2D eigenvalue weighted by Gasteiger charge is -2.36. The summed E-state index contributed by atoms with van der Waals surface area (Å²) in [5.41, 5.74) is 2.37. The van der Waals surface area contributed by atoms with Gasteiger partial charge in [0.1, 0.15) is 0 Å². The smallest absolute Gasteiger partial charge is 0.227 e. The molecule has 1 aliphatic heterocycles. The number of nitrogens with zero attached hydrogens (tertiary/aromatic N) is 1. The molecule has 1 aromatic carbocycles. The van der Waals surface area contributed by atoms with Crippen molar-refractivity contribution >= 4 is 5.91 Å². The van der Waals surface area contributed by atoms with E-state index in [0.29, 0.717) is 6.54 Å². The van der Waals surface area contributed by atoms with Crippen LogP contribution in [0.15, 0.2) is 24.3 Å². The van der Waals surface area contributed by atoms with Gasteiger partial charge in [-0.1, -0.05) is 43.7 Å². The Morgan fingerprint density at radius 1 is 1.17 bits per heavy atom. The number of carbonyl (C=O) groups excluding carboxylic acids is 1. The van der Waals surface area contributed by atoms with Gasteiger partial charge in [0.2, 0.25) is 5.91 Å². The van der Waals surface area contributed by atoms with E-state index >= 15 is 0 Å². The van der Waals surface area contributed by atoms with E-state index in [1.807, 2.05) is 0 Å². The minimum atomic E-state index is -0.0787. The van der Waals surface area contributed by atoms with E-state index in [0.717, 1.165) is 18.7 Å². The molecular weight excluding hydrogens is 284 g/mol. The first-order valence-corrected chi connectivity index (χ1v) is 8.90. The number of hydrogen-bond acceptors (Lipinski definition) is 2. The molecule has 1 N–H and O–H groups in total. The highest BCUT2D eigenvalue weighted by molar-refractivity contribution is 5.84. The van der Waals surface area contributed by atoms with Crippen molar-refractivity contribution in [2.24, 2.45) is 5.92 Å². The van der Waals surface area contributed by atoms with Crippen molar-refractivity contribution in [3.8, 4) is 0 Å². The van der Waals surface area contributed by atoms with Gasteiger partial charge < -0.3 is 5.32 Å². The van der Waals surface area contributed by atoms with Crippen molar-refractivity contribution in [3.63, 3.8) is 0 Å². The lowest BCUT2D eigenvalue weighted by atomic mass is 9.87. The van der Waals surface area contributed by atoms with Crippen LogP contribution in [-0.4, -0.2) is 36.0 Å². The fraction of sp³-hybridized carbons (Fsp3) is 0.650. The number of hydrogen-bond donors (Lipinski definition) is 1. The maximum Gasteiger partial charge on any atom is 0.227 e. The van der Waals surface area contributed by atoms with Crippen LogP contribution in [0.25, 0.3) is 0 Å².